The Morgan fingerprint density at radius 1 is 0.240 bits per heavy atom. The highest BCUT2D eigenvalue weighted by Gasteiger charge is 2.55. The fourth-order valence-corrected chi connectivity index (χ4v) is 23.1. The predicted molar refractivity (Wildman–Crippen MR) is 541 cm³/mol. The molecule has 0 saturated heterocycles. The largest absolute Gasteiger partial charge is 0.310 e. The van der Waals surface area contributed by atoms with Crippen LogP contribution in [0.3, 0.4) is 0 Å². The monoisotopic (exact) mass is 1660 g/mol. The van der Waals surface area contributed by atoms with E-state index in [2.05, 4.69) is 300 Å². The van der Waals surface area contributed by atoms with Gasteiger partial charge in [-0.3, -0.25) is 0 Å². The standard InChI is InChI=1S/C124H87BN4/c1-121(2,3)80-70-96(76-34-9-7-10-35-76)120(97(71-80)77-36-11-8-12-37-77)129-115-75-83(127-112-58-31-21-46-94(112)95-47-22-32-59-113(95)127)63-67-109(115)125-108-66-62-82(126-110-56-29-19-44-92(110)93-45-20-30-57-111(93)126)74-114(108)128(116-72-81(122(4,5)6)73-117(129)118(116)125)119-84(78-60-64-106-98(68-78)90-42-17-27-54-104(90)123(106)100-50-23-13-38-86(100)87-39-14-24-51-101(87)123)48-33-49-85(119)79-61-65-107-99(69-79)91-43-18-28-55-105(91)124(107)102-52-25-15-40-88(102)89-41-16-26-53-103(89)124/h7-75H,1-6H3/i19D,20D,21D,22D,29D,30D,31D,32D,44D,45D,46D,47D,56D,57D,58D,59D,66D,67D. The number of hydrogen-bond acceptors (Lipinski definition) is 2. The van der Waals surface area contributed by atoms with Crippen molar-refractivity contribution in [3.63, 3.8) is 0 Å². The molecule has 4 aliphatic carbocycles. The van der Waals surface area contributed by atoms with Gasteiger partial charge in [-0.05, 0) is 234 Å². The van der Waals surface area contributed by atoms with Crippen molar-refractivity contribution in [2.75, 3.05) is 9.80 Å². The van der Waals surface area contributed by atoms with E-state index in [1.54, 1.807) is 12.1 Å². The molecule has 19 aromatic carbocycles. The van der Waals surface area contributed by atoms with Gasteiger partial charge in [0.1, 0.15) is 0 Å². The van der Waals surface area contributed by atoms with Gasteiger partial charge in [0, 0.05) is 77.9 Å². The maximum Gasteiger partial charge on any atom is 0.252 e. The Bertz CT molecular complexity index is 9090. The number of anilines is 6. The molecule has 21 aromatic rings. The summed E-state index contributed by atoms with van der Waals surface area (Å²) in [6.07, 6.45) is 0. The molecule has 2 spiro atoms. The first-order chi connectivity index (χ1) is 70.8. The first-order valence-corrected chi connectivity index (χ1v) is 44.2. The third-order valence-electron chi connectivity index (χ3n) is 28.5. The van der Waals surface area contributed by atoms with Gasteiger partial charge in [-0.25, -0.2) is 0 Å². The summed E-state index contributed by atoms with van der Waals surface area (Å²) in [4.78, 5) is 4.49. The zero-order valence-corrected chi connectivity index (χ0v) is 71.3. The molecule has 606 valence electrons. The smallest absolute Gasteiger partial charge is 0.252 e. The van der Waals surface area contributed by atoms with Gasteiger partial charge in [0.05, 0.1) is 68.9 Å². The lowest BCUT2D eigenvalue weighted by Gasteiger charge is -2.46. The molecule has 129 heavy (non-hydrogen) atoms. The van der Waals surface area contributed by atoms with Gasteiger partial charge in [0.15, 0.2) is 0 Å². The quantitative estimate of drug-likeness (QED) is 0.141. The highest BCUT2D eigenvalue weighted by molar-refractivity contribution is 7.00. The molecule has 0 radical (unpaired) electrons. The normalized spacial score (nSPS) is 16.0. The van der Waals surface area contributed by atoms with Crippen LogP contribution in [0, 0.1) is 0 Å². The Morgan fingerprint density at radius 3 is 0.884 bits per heavy atom. The minimum Gasteiger partial charge on any atom is -0.310 e. The number of hydrogen-bond donors (Lipinski definition) is 0. The molecular weight excluding hydrogens is 1560 g/mol. The van der Waals surface area contributed by atoms with Gasteiger partial charge >= 0.3 is 0 Å². The van der Waals surface area contributed by atoms with Crippen molar-refractivity contribution < 1.29 is 24.7 Å². The van der Waals surface area contributed by atoms with Crippen LogP contribution in [-0.2, 0) is 21.7 Å². The second-order valence-electron chi connectivity index (χ2n) is 37.1. The summed E-state index contributed by atoms with van der Waals surface area (Å²) < 4.78 is 182. The van der Waals surface area contributed by atoms with E-state index in [1.165, 1.54) is 9.13 Å². The van der Waals surface area contributed by atoms with Crippen molar-refractivity contribution in [2.24, 2.45) is 0 Å². The third kappa shape index (κ3) is 10.1. The molecule has 0 unspecified atom stereocenters. The predicted octanol–water partition coefficient (Wildman–Crippen LogP) is 29.9. The van der Waals surface area contributed by atoms with E-state index in [1.807, 2.05) is 48.5 Å². The van der Waals surface area contributed by atoms with E-state index >= 15 is 0 Å². The van der Waals surface area contributed by atoms with Gasteiger partial charge in [-0.2, -0.15) is 0 Å². The van der Waals surface area contributed by atoms with E-state index in [0.717, 1.165) is 145 Å². The first-order valence-electron chi connectivity index (χ1n) is 53.2. The Hall–Kier alpha value is -15.6. The summed E-state index contributed by atoms with van der Waals surface area (Å²) in [6.45, 7) is 11.8. The van der Waals surface area contributed by atoms with Crippen LogP contribution in [0.1, 0.15) is 122 Å². The van der Waals surface area contributed by atoms with Crippen LogP contribution in [0.25, 0.3) is 144 Å². The molecule has 0 amide bonds. The topological polar surface area (TPSA) is 16.3 Å². The van der Waals surface area contributed by atoms with Crippen LogP contribution in [-0.4, -0.2) is 15.8 Å². The zero-order chi connectivity index (χ0) is 101. The molecule has 5 heteroatoms. The lowest BCUT2D eigenvalue weighted by atomic mass is 9.33. The maximum atomic E-state index is 11.9. The number of para-hydroxylation sites is 5. The van der Waals surface area contributed by atoms with Gasteiger partial charge < -0.3 is 18.9 Å². The van der Waals surface area contributed by atoms with Crippen molar-refractivity contribution in [1.29, 1.82) is 0 Å². The summed E-state index contributed by atoms with van der Waals surface area (Å²) in [5, 5.41) is -0.651. The van der Waals surface area contributed by atoms with E-state index in [-0.39, 0.29) is 67.1 Å². The number of nitrogens with zero attached hydrogens (tertiary/aromatic N) is 4. The molecule has 6 aliphatic rings. The molecule has 27 rings (SSSR count). The number of aromatic nitrogens is 2. The van der Waals surface area contributed by atoms with Crippen LogP contribution in [0.2, 0.25) is 0 Å². The zero-order valence-electron chi connectivity index (χ0n) is 89.3. The molecule has 0 saturated carbocycles. The van der Waals surface area contributed by atoms with Crippen LogP contribution < -0.4 is 26.2 Å². The fraction of sp³-hybridized carbons (Fsp3) is 0.0806. The Labute approximate surface area is 777 Å². The van der Waals surface area contributed by atoms with Crippen molar-refractivity contribution >= 4 is 101 Å². The summed E-state index contributed by atoms with van der Waals surface area (Å²) in [7, 11) is 0. The van der Waals surface area contributed by atoms with E-state index < -0.39 is 125 Å². The van der Waals surface area contributed by atoms with Crippen molar-refractivity contribution in [3.8, 4) is 100 Å². The fourth-order valence-electron chi connectivity index (χ4n) is 23.1. The second-order valence-corrected chi connectivity index (χ2v) is 37.1. The number of benzene rings is 19. The highest BCUT2D eigenvalue weighted by Crippen LogP contribution is 2.67. The van der Waals surface area contributed by atoms with Gasteiger partial charge in [0.25, 0.3) is 6.71 Å². The summed E-state index contributed by atoms with van der Waals surface area (Å²) in [5.41, 5.74) is 26.8. The lowest BCUT2D eigenvalue weighted by molar-refractivity contribution is 0.590. The average molecular weight is 1660 g/mol. The minimum absolute atomic E-state index is 0.0835. The van der Waals surface area contributed by atoms with E-state index in [9.17, 15) is 24.7 Å². The Balaban J connectivity index is 0.840. The Morgan fingerprint density at radius 2 is 0.535 bits per heavy atom. The minimum atomic E-state index is -1.22. The van der Waals surface area contributed by atoms with Gasteiger partial charge in [-0.15, -0.1) is 0 Å². The SMILES string of the molecule is [2H]c1cc(-n2c3c([2H])c([2H])c([2H])c([2H])c3c3c([2H])c([2H])c([2H])c([2H])c32)cc2c1B1c3c([2H])cc(-n4c5c([2H])c([2H])c([2H])c([2H])c5c5c([2H])c([2H])c([2H])c([2H])c54)cc3N(c3c(-c4ccccc4)cc(C(C)(C)C)cc3-c3ccccc3)c3cc(C(C)(C)C)cc(c31)N2c1c(-c2ccc3c(c2)-c2ccccc2C32c3ccccc3-c3ccccc32)cccc1-c1ccc2c(c1)-c1ccccc1C21c2ccccc2-c2ccccc21. The molecule has 4 heterocycles. The summed E-state index contributed by atoms with van der Waals surface area (Å²) in [6, 6.07) is 99.0. The number of fused-ring (bicyclic) bond motifs is 30. The van der Waals surface area contributed by atoms with Crippen LogP contribution in [0.5, 0.6) is 0 Å². The first kappa shape index (κ1) is 57.9. The molecule has 0 fully saturated rings. The molecule has 2 aliphatic heterocycles. The second kappa shape index (κ2) is 27.0. The third-order valence-corrected chi connectivity index (χ3v) is 28.5. The summed E-state index contributed by atoms with van der Waals surface area (Å²) >= 11 is 0. The van der Waals surface area contributed by atoms with Crippen molar-refractivity contribution in [2.45, 2.75) is 63.2 Å². The Kier molecular flexibility index (Phi) is 12.1. The molecule has 0 atom stereocenters. The van der Waals surface area contributed by atoms with Crippen LogP contribution in [0.15, 0.2) is 418 Å². The van der Waals surface area contributed by atoms with Gasteiger partial charge in [0.2, 0.25) is 0 Å². The molecule has 0 N–H and O–H groups in total. The van der Waals surface area contributed by atoms with E-state index in [4.69, 9.17) is 0 Å². The van der Waals surface area contributed by atoms with Gasteiger partial charge in [-0.1, -0.05) is 375 Å². The van der Waals surface area contributed by atoms with Crippen LogP contribution in [0.4, 0.5) is 34.1 Å². The van der Waals surface area contributed by atoms with Crippen molar-refractivity contribution in [3.05, 3.63) is 474 Å². The van der Waals surface area contributed by atoms with E-state index in [0.29, 0.717) is 50.5 Å². The highest BCUT2D eigenvalue weighted by atomic mass is 15.2. The molecular formula is C124H87BN4. The molecule has 2 aromatic heterocycles. The van der Waals surface area contributed by atoms with Crippen LogP contribution >= 0.6 is 0 Å². The average Bonchev–Trinajstić information content (AvgIpc) is 1.58. The summed E-state index contributed by atoms with van der Waals surface area (Å²) in [5.74, 6) is 0. The lowest BCUT2D eigenvalue weighted by Crippen LogP contribution is -2.61. The molecule has 0 bridgehead atoms. The molecule has 4 nitrogen and oxygen atoms in total. The number of rotatable bonds is 8. The maximum absolute atomic E-state index is 11.9. The van der Waals surface area contributed by atoms with Crippen molar-refractivity contribution in [1.82, 2.24) is 9.13 Å².